The normalized spacial score (nSPS) is 23.0. The molecule has 1 aliphatic heterocycles. The number of nitrogens with zero attached hydrogens (tertiary/aromatic N) is 2. The highest BCUT2D eigenvalue weighted by Crippen LogP contribution is 2.13. The van der Waals surface area contributed by atoms with Crippen molar-refractivity contribution < 1.29 is 9.53 Å². The third-order valence-corrected chi connectivity index (χ3v) is 3.55. The third-order valence-electron chi connectivity index (χ3n) is 3.55. The second-order valence-corrected chi connectivity index (χ2v) is 4.86. The smallest absolute Gasteiger partial charge is 0.322 e. The zero-order chi connectivity index (χ0) is 12.8. The average molecular weight is 243 g/mol. The van der Waals surface area contributed by atoms with E-state index in [1.807, 2.05) is 0 Å². The minimum atomic E-state index is -0.182. The van der Waals surface area contributed by atoms with E-state index >= 15 is 0 Å². The van der Waals surface area contributed by atoms with Gasteiger partial charge in [-0.1, -0.05) is 0 Å². The summed E-state index contributed by atoms with van der Waals surface area (Å²) in [4.78, 5) is 16.1. The first-order chi connectivity index (χ1) is 8.08. The Morgan fingerprint density at radius 2 is 2.29 bits per heavy atom. The maximum Gasteiger partial charge on any atom is 0.322 e. The van der Waals surface area contributed by atoms with Gasteiger partial charge in [-0.2, -0.15) is 0 Å². The first-order valence-electron chi connectivity index (χ1n) is 6.22. The van der Waals surface area contributed by atoms with Gasteiger partial charge in [0.2, 0.25) is 0 Å². The van der Waals surface area contributed by atoms with Crippen molar-refractivity contribution >= 4 is 5.97 Å². The number of rotatable bonds is 6. The molecule has 1 heterocycles. The molecule has 1 aliphatic rings. The second kappa shape index (κ2) is 6.93. The van der Waals surface area contributed by atoms with Gasteiger partial charge in [-0.05, 0) is 40.5 Å². The summed E-state index contributed by atoms with van der Waals surface area (Å²) in [6.07, 6.45) is 2.03. The van der Waals surface area contributed by atoms with Gasteiger partial charge >= 0.3 is 5.97 Å². The lowest BCUT2D eigenvalue weighted by atomic mass is 10.2. The Morgan fingerprint density at radius 3 is 2.76 bits per heavy atom. The van der Waals surface area contributed by atoms with Crippen LogP contribution in [-0.4, -0.2) is 75.7 Å². The van der Waals surface area contributed by atoms with Gasteiger partial charge in [0.15, 0.2) is 0 Å². The van der Waals surface area contributed by atoms with E-state index in [1.165, 1.54) is 13.5 Å². The Kier molecular flexibility index (Phi) is 5.88. The van der Waals surface area contributed by atoms with Gasteiger partial charge in [0.05, 0.1) is 7.11 Å². The first-order valence-corrected chi connectivity index (χ1v) is 6.22. The Labute approximate surface area is 104 Å². The molecule has 100 valence electrons. The quantitative estimate of drug-likeness (QED) is 0.653. The molecule has 0 amide bonds. The van der Waals surface area contributed by atoms with Gasteiger partial charge in [0, 0.05) is 19.1 Å². The van der Waals surface area contributed by atoms with E-state index in [9.17, 15) is 4.79 Å². The molecule has 0 aromatic heterocycles. The fraction of sp³-hybridized carbons (Fsp3) is 0.917. The number of methoxy groups -OCH3 is 1. The van der Waals surface area contributed by atoms with E-state index in [1.54, 1.807) is 7.05 Å². The van der Waals surface area contributed by atoms with Crippen LogP contribution in [0.1, 0.15) is 12.8 Å². The maximum atomic E-state index is 11.4. The maximum absolute atomic E-state index is 11.4. The van der Waals surface area contributed by atoms with E-state index in [0.717, 1.165) is 26.1 Å². The van der Waals surface area contributed by atoms with Crippen molar-refractivity contribution in [2.45, 2.75) is 24.9 Å². The second-order valence-electron chi connectivity index (χ2n) is 4.86. The van der Waals surface area contributed by atoms with Gasteiger partial charge < -0.3 is 19.9 Å². The SMILES string of the molecule is CNC(CCN1CCC(N(C)C)C1)C(=O)OC. The number of ether oxygens (including phenoxy) is 1. The highest BCUT2D eigenvalue weighted by Gasteiger charge is 2.25. The van der Waals surface area contributed by atoms with Crippen molar-refractivity contribution in [3.05, 3.63) is 0 Å². The number of esters is 1. The summed E-state index contributed by atoms with van der Waals surface area (Å²) in [5.41, 5.74) is 0. The summed E-state index contributed by atoms with van der Waals surface area (Å²) >= 11 is 0. The van der Waals surface area contributed by atoms with E-state index in [-0.39, 0.29) is 12.0 Å². The molecule has 0 aliphatic carbocycles. The van der Waals surface area contributed by atoms with Crippen molar-refractivity contribution in [3.8, 4) is 0 Å². The zero-order valence-electron chi connectivity index (χ0n) is 11.4. The van der Waals surface area contributed by atoms with Gasteiger partial charge in [-0.3, -0.25) is 4.79 Å². The van der Waals surface area contributed by atoms with Crippen LogP contribution in [-0.2, 0) is 9.53 Å². The van der Waals surface area contributed by atoms with Crippen molar-refractivity contribution in [3.63, 3.8) is 0 Å². The number of hydrogen-bond acceptors (Lipinski definition) is 5. The monoisotopic (exact) mass is 243 g/mol. The van der Waals surface area contributed by atoms with Crippen molar-refractivity contribution in [1.29, 1.82) is 0 Å². The van der Waals surface area contributed by atoms with E-state index in [0.29, 0.717) is 6.04 Å². The summed E-state index contributed by atoms with van der Waals surface area (Å²) in [7, 11) is 7.48. The molecular weight excluding hydrogens is 218 g/mol. The molecule has 0 aromatic rings. The molecule has 1 rings (SSSR count). The number of likely N-dealkylation sites (N-methyl/N-ethyl adjacent to an activating group) is 2. The highest BCUT2D eigenvalue weighted by atomic mass is 16.5. The van der Waals surface area contributed by atoms with Crippen molar-refractivity contribution in [2.24, 2.45) is 0 Å². The summed E-state index contributed by atoms with van der Waals surface area (Å²) < 4.78 is 4.75. The average Bonchev–Trinajstić information content (AvgIpc) is 2.78. The van der Waals surface area contributed by atoms with Crippen LogP contribution in [0.3, 0.4) is 0 Å². The summed E-state index contributed by atoms with van der Waals surface area (Å²) in [6, 6.07) is 0.472. The van der Waals surface area contributed by atoms with E-state index in [4.69, 9.17) is 4.74 Å². The molecule has 0 bridgehead atoms. The van der Waals surface area contributed by atoms with Gasteiger partial charge in [-0.25, -0.2) is 0 Å². The predicted octanol–water partition coefficient (Wildman–Crippen LogP) is -0.227. The van der Waals surface area contributed by atoms with Crippen LogP contribution in [0, 0.1) is 0 Å². The minimum absolute atomic E-state index is 0.171. The molecule has 0 radical (unpaired) electrons. The van der Waals surface area contributed by atoms with Gasteiger partial charge in [-0.15, -0.1) is 0 Å². The van der Waals surface area contributed by atoms with Gasteiger partial charge in [0.1, 0.15) is 6.04 Å². The molecule has 0 saturated carbocycles. The Balaban J connectivity index is 2.29. The molecule has 5 heteroatoms. The standard InChI is InChI=1S/C12H25N3O2/c1-13-11(12(16)17-4)6-8-15-7-5-10(9-15)14(2)3/h10-11,13H,5-9H2,1-4H3. The van der Waals surface area contributed by atoms with Crippen LogP contribution < -0.4 is 5.32 Å². The van der Waals surface area contributed by atoms with Crippen LogP contribution in [0.2, 0.25) is 0 Å². The Morgan fingerprint density at radius 1 is 1.59 bits per heavy atom. The van der Waals surface area contributed by atoms with Crippen molar-refractivity contribution in [1.82, 2.24) is 15.1 Å². The van der Waals surface area contributed by atoms with E-state index in [2.05, 4.69) is 29.2 Å². The number of carbonyl (C=O) groups is 1. The Hall–Kier alpha value is -0.650. The topological polar surface area (TPSA) is 44.8 Å². The molecular formula is C12H25N3O2. The molecule has 1 fully saturated rings. The minimum Gasteiger partial charge on any atom is -0.468 e. The lowest BCUT2D eigenvalue weighted by Gasteiger charge is -2.21. The molecule has 0 spiro atoms. The van der Waals surface area contributed by atoms with Crippen LogP contribution in [0.25, 0.3) is 0 Å². The molecule has 0 aromatic carbocycles. The summed E-state index contributed by atoms with van der Waals surface area (Å²) in [5.74, 6) is -0.171. The molecule has 1 N–H and O–H groups in total. The first kappa shape index (κ1) is 14.4. The van der Waals surface area contributed by atoms with E-state index < -0.39 is 0 Å². The van der Waals surface area contributed by atoms with Crippen LogP contribution >= 0.6 is 0 Å². The van der Waals surface area contributed by atoms with Crippen LogP contribution in [0.5, 0.6) is 0 Å². The lowest BCUT2D eigenvalue weighted by Crippen LogP contribution is -2.39. The van der Waals surface area contributed by atoms with Crippen LogP contribution in [0.15, 0.2) is 0 Å². The Bertz CT molecular complexity index is 246. The molecule has 2 atom stereocenters. The fourth-order valence-corrected chi connectivity index (χ4v) is 2.27. The van der Waals surface area contributed by atoms with Gasteiger partial charge in [0.25, 0.3) is 0 Å². The molecule has 5 nitrogen and oxygen atoms in total. The lowest BCUT2D eigenvalue weighted by molar-refractivity contribution is -0.143. The largest absolute Gasteiger partial charge is 0.468 e. The molecule has 2 unspecified atom stereocenters. The summed E-state index contributed by atoms with van der Waals surface area (Å²) in [5, 5.41) is 3.00. The van der Waals surface area contributed by atoms with Crippen LogP contribution in [0.4, 0.5) is 0 Å². The van der Waals surface area contributed by atoms with Crippen molar-refractivity contribution in [2.75, 3.05) is 47.9 Å². The predicted molar refractivity (Wildman–Crippen MR) is 68.0 cm³/mol. The highest BCUT2D eigenvalue weighted by molar-refractivity contribution is 5.75. The number of hydrogen-bond donors (Lipinski definition) is 1. The third kappa shape index (κ3) is 4.26. The molecule has 17 heavy (non-hydrogen) atoms. The number of carbonyl (C=O) groups excluding carboxylic acids is 1. The number of likely N-dealkylation sites (tertiary alicyclic amines) is 1. The fourth-order valence-electron chi connectivity index (χ4n) is 2.27. The summed E-state index contributed by atoms with van der Waals surface area (Å²) in [6.45, 7) is 3.18. The molecule has 1 saturated heterocycles. The zero-order valence-corrected chi connectivity index (χ0v) is 11.4. The number of nitrogens with one attached hydrogen (secondary N) is 1.